The average Bonchev–Trinajstić information content (AvgIpc) is 2.71. The van der Waals surface area contributed by atoms with Crippen LogP contribution >= 0.6 is 0 Å². The van der Waals surface area contributed by atoms with Crippen LogP contribution in [-0.2, 0) is 6.54 Å². The monoisotopic (exact) mass is 389 g/mol. The van der Waals surface area contributed by atoms with E-state index in [0.717, 1.165) is 12.1 Å². The first-order chi connectivity index (χ1) is 13.6. The average molecular weight is 389 g/mol. The number of hydrogen-bond donors (Lipinski definition) is 2. The first-order valence-electron chi connectivity index (χ1n) is 9.21. The number of rotatable bonds is 9. The fourth-order valence-electron chi connectivity index (χ4n) is 2.53. The molecule has 2 rings (SSSR count). The van der Waals surface area contributed by atoms with Gasteiger partial charge in [-0.15, -0.1) is 0 Å². The van der Waals surface area contributed by atoms with Crippen molar-refractivity contribution < 1.29 is 18.6 Å². The molecule has 28 heavy (non-hydrogen) atoms. The van der Waals surface area contributed by atoms with Crippen LogP contribution in [0.25, 0.3) is 0 Å². The van der Waals surface area contributed by atoms with E-state index < -0.39 is 0 Å². The fraction of sp³-hybridized carbons (Fsp3) is 0.381. The summed E-state index contributed by atoms with van der Waals surface area (Å²) in [6.45, 7) is 5.54. The highest BCUT2D eigenvalue weighted by Crippen LogP contribution is 2.27. The molecular formula is C21H28FN3O3. The number of para-hydroxylation sites is 1. The predicted molar refractivity (Wildman–Crippen MR) is 109 cm³/mol. The number of benzene rings is 2. The van der Waals surface area contributed by atoms with Crippen molar-refractivity contribution in [2.24, 2.45) is 4.99 Å². The van der Waals surface area contributed by atoms with E-state index in [0.29, 0.717) is 30.5 Å². The summed E-state index contributed by atoms with van der Waals surface area (Å²) in [5, 5.41) is 6.40. The number of nitrogens with one attached hydrogen (secondary N) is 2. The third-order valence-corrected chi connectivity index (χ3v) is 3.93. The minimum Gasteiger partial charge on any atom is -0.493 e. The topological polar surface area (TPSA) is 64.1 Å². The third kappa shape index (κ3) is 6.33. The molecule has 0 bridgehead atoms. The molecule has 2 aromatic carbocycles. The second kappa shape index (κ2) is 11.0. The summed E-state index contributed by atoms with van der Waals surface area (Å²) in [5.74, 6) is 1.87. The molecule has 1 atom stereocenters. The van der Waals surface area contributed by atoms with Gasteiger partial charge in [0.1, 0.15) is 6.10 Å². The number of halogens is 1. The maximum absolute atomic E-state index is 13.7. The van der Waals surface area contributed by atoms with Crippen molar-refractivity contribution in [2.75, 3.05) is 27.3 Å². The lowest BCUT2D eigenvalue weighted by molar-refractivity contribution is 0.214. The SMILES string of the molecule is CCNC(=NCc1ccc(OC)c(OC)c1)NCC(C)Oc1ccccc1F. The van der Waals surface area contributed by atoms with Gasteiger partial charge in [-0.25, -0.2) is 9.38 Å². The van der Waals surface area contributed by atoms with Crippen molar-refractivity contribution in [3.63, 3.8) is 0 Å². The van der Waals surface area contributed by atoms with E-state index >= 15 is 0 Å². The number of methoxy groups -OCH3 is 2. The molecule has 0 saturated carbocycles. The zero-order chi connectivity index (χ0) is 20.4. The summed E-state index contributed by atoms with van der Waals surface area (Å²) in [5.41, 5.74) is 0.991. The Morgan fingerprint density at radius 2 is 1.79 bits per heavy atom. The highest BCUT2D eigenvalue weighted by Gasteiger charge is 2.09. The summed E-state index contributed by atoms with van der Waals surface area (Å²) < 4.78 is 29.9. The van der Waals surface area contributed by atoms with Crippen LogP contribution < -0.4 is 24.8 Å². The van der Waals surface area contributed by atoms with Crippen LogP contribution in [-0.4, -0.2) is 39.4 Å². The van der Waals surface area contributed by atoms with Crippen LogP contribution in [0.15, 0.2) is 47.5 Å². The molecule has 0 amide bonds. The fourth-order valence-corrected chi connectivity index (χ4v) is 2.53. The maximum Gasteiger partial charge on any atom is 0.191 e. The van der Waals surface area contributed by atoms with Crippen LogP contribution in [0, 0.1) is 5.82 Å². The van der Waals surface area contributed by atoms with E-state index in [4.69, 9.17) is 14.2 Å². The van der Waals surface area contributed by atoms with Gasteiger partial charge in [0, 0.05) is 6.54 Å². The minimum absolute atomic E-state index is 0.234. The molecule has 1 unspecified atom stereocenters. The summed E-state index contributed by atoms with van der Waals surface area (Å²) in [7, 11) is 3.21. The van der Waals surface area contributed by atoms with Gasteiger partial charge < -0.3 is 24.8 Å². The first kappa shape index (κ1) is 21.3. The lowest BCUT2D eigenvalue weighted by atomic mass is 10.2. The zero-order valence-electron chi connectivity index (χ0n) is 16.8. The highest BCUT2D eigenvalue weighted by atomic mass is 19.1. The van der Waals surface area contributed by atoms with Crippen molar-refractivity contribution in [1.82, 2.24) is 10.6 Å². The van der Waals surface area contributed by atoms with Gasteiger partial charge in [-0.05, 0) is 43.7 Å². The normalized spacial score (nSPS) is 12.2. The van der Waals surface area contributed by atoms with Crippen molar-refractivity contribution in [3.8, 4) is 17.2 Å². The molecule has 0 saturated heterocycles. The summed E-state index contributed by atoms with van der Waals surface area (Å²) in [6.07, 6.45) is -0.234. The van der Waals surface area contributed by atoms with Crippen molar-refractivity contribution in [3.05, 3.63) is 53.8 Å². The van der Waals surface area contributed by atoms with E-state index in [1.54, 1.807) is 32.4 Å². The van der Waals surface area contributed by atoms with Crippen LogP contribution in [0.3, 0.4) is 0 Å². The van der Waals surface area contributed by atoms with E-state index in [9.17, 15) is 4.39 Å². The van der Waals surface area contributed by atoms with Gasteiger partial charge in [-0.1, -0.05) is 18.2 Å². The van der Waals surface area contributed by atoms with Crippen LogP contribution in [0.5, 0.6) is 17.2 Å². The predicted octanol–water partition coefficient (Wildman–Crippen LogP) is 3.37. The standard InChI is InChI=1S/C21H28FN3O3/c1-5-23-21(24-13-15(2)28-18-9-7-6-8-17(18)22)25-14-16-10-11-19(26-3)20(12-16)27-4/h6-12,15H,5,13-14H2,1-4H3,(H2,23,24,25). The van der Waals surface area contributed by atoms with Gasteiger partial charge in [-0.2, -0.15) is 0 Å². The molecule has 2 aromatic rings. The second-order valence-corrected chi connectivity index (χ2v) is 6.12. The number of aliphatic imine (C=N–C) groups is 1. The minimum atomic E-state index is -0.372. The quantitative estimate of drug-likeness (QED) is 0.509. The number of guanidine groups is 1. The molecule has 6 nitrogen and oxygen atoms in total. The molecule has 7 heteroatoms. The van der Waals surface area contributed by atoms with Gasteiger partial charge in [-0.3, -0.25) is 0 Å². The third-order valence-electron chi connectivity index (χ3n) is 3.93. The van der Waals surface area contributed by atoms with E-state index in [1.807, 2.05) is 32.0 Å². The van der Waals surface area contributed by atoms with Crippen molar-refractivity contribution >= 4 is 5.96 Å². The van der Waals surface area contributed by atoms with Gasteiger partial charge >= 0.3 is 0 Å². The Hall–Kier alpha value is -2.96. The lowest BCUT2D eigenvalue weighted by Gasteiger charge is -2.18. The smallest absolute Gasteiger partial charge is 0.191 e. The van der Waals surface area contributed by atoms with E-state index in [1.165, 1.54) is 6.07 Å². The Kier molecular flexibility index (Phi) is 8.39. The van der Waals surface area contributed by atoms with Crippen LogP contribution in [0.4, 0.5) is 4.39 Å². The Labute approximate surface area is 165 Å². The summed E-state index contributed by atoms with van der Waals surface area (Å²) in [4.78, 5) is 4.58. The maximum atomic E-state index is 13.7. The van der Waals surface area contributed by atoms with Crippen molar-refractivity contribution in [1.29, 1.82) is 0 Å². The van der Waals surface area contributed by atoms with Gasteiger partial charge in [0.2, 0.25) is 0 Å². The van der Waals surface area contributed by atoms with Gasteiger partial charge in [0.25, 0.3) is 0 Å². The molecule has 0 aliphatic rings. The van der Waals surface area contributed by atoms with Crippen LogP contribution in [0.1, 0.15) is 19.4 Å². The largest absolute Gasteiger partial charge is 0.493 e. The van der Waals surface area contributed by atoms with E-state index in [-0.39, 0.29) is 17.7 Å². The first-order valence-corrected chi connectivity index (χ1v) is 9.21. The van der Waals surface area contributed by atoms with Gasteiger partial charge in [0.15, 0.2) is 29.0 Å². The molecular weight excluding hydrogens is 361 g/mol. The Bertz CT molecular complexity index is 783. The summed E-state index contributed by atoms with van der Waals surface area (Å²) in [6, 6.07) is 12.1. The molecule has 0 heterocycles. The van der Waals surface area contributed by atoms with Crippen molar-refractivity contribution in [2.45, 2.75) is 26.5 Å². The van der Waals surface area contributed by atoms with Gasteiger partial charge in [0.05, 0.1) is 27.3 Å². The molecule has 0 aliphatic heterocycles. The Morgan fingerprint density at radius 1 is 1.04 bits per heavy atom. The molecule has 0 aromatic heterocycles. The second-order valence-electron chi connectivity index (χ2n) is 6.12. The number of hydrogen-bond acceptors (Lipinski definition) is 4. The molecule has 0 radical (unpaired) electrons. The Morgan fingerprint density at radius 3 is 2.46 bits per heavy atom. The molecule has 2 N–H and O–H groups in total. The van der Waals surface area contributed by atoms with E-state index in [2.05, 4.69) is 15.6 Å². The van der Waals surface area contributed by atoms with Crippen LogP contribution in [0.2, 0.25) is 0 Å². The zero-order valence-corrected chi connectivity index (χ0v) is 16.8. The Balaban J connectivity index is 1.95. The lowest BCUT2D eigenvalue weighted by Crippen LogP contribution is -2.41. The molecule has 152 valence electrons. The molecule has 0 spiro atoms. The molecule has 0 aliphatic carbocycles. The molecule has 0 fully saturated rings. The highest BCUT2D eigenvalue weighted by molar-refractivity contribution is 5.79. The number of ether oxygens (including phenoxy) is 3. The summed E-state index contributed by atoms with van der Waals surface area (Å²) >= 11 is 0. The number of nitrogens with zero attached hydrogens (tertiary/aromatic N) is 1.